The molecular formula is C10H13N5OS. The first kappa shape index (κ1) is 11.7. The lowest BCUT2D eigenvalue weighted by molar-refractivity contribution is 0.395. The third kappa shape index (κ3) is 2.33. The summed E-state index contributed by atoms with van der Waals surface area (Å²) < 4.78 is 6.94. The van der Waals surface area contributed by atoms with Crippen molar-refractivity contribution in [2.45, 2.75) is 17.1 Å². The second kappa shape index (κ2) is 4.62. The predicted octanol–water partition coefficient (Wildman–Crippen LogP) is 1.26. The maximum atomic E-state index is 5.85. The number of hydrogen-bond donors (Lipinski definition) is 1. The van der Waals surface area contributed by atoms with Crippen molar-refractivity contribution in [1.82, 2.24) is 19.7 Å². The molecule has 0 saturated carbocycles. The topological polar surface area (TPSA) is 78.9 Å². The lowest BCUT2D eigenvalue weighted by Crippen LogP contribution is -1.97. The van der Waals surface area contributed by atoms with E-state index in [4.69, 9.17) is 10.5 Å². The molecule has 0 radical (unpaired) electrons. The van der Waals surface area contributed by atoms with Crippen LogP contribution in [0.25, 0.3) is 0 Å². The van der Waals surface area contributed by atoms with Gasteiger partial charge in [-0.3, -0.25) is 0 Å². The Bertz CT molecular complexity index is 539. The van der Waals surface area contributed by atoms with Crippen LogP contribution in [0.3, 0.4) is 0 Å². The van der Waals surface area contributed by atoms with Gasteiger partial charge in [0.15, 0.2) is 5.16 Å². The van der Waals surface area contributed by atoms with Crippen molar-refractivity contribution in [1.29, 1.82) is 0 Å². The number of nitrogen functional groups attached to an aromatic ring is 1. The quantitative estimate of drug-likeness (QED) is 0.884. The summed E-state index contributed by atoms with van der Waals surface area (Å²) in [6, 6.07) is 3.48. The van der Waals surface area contributed by atoms with Gasteiger partial charge in [0.25, 0.3) is 0 Å². The second-order valence-corrected chi connectivity index (χ2v) is 4.39. The van der Waals surface area contributed by atoms with Gasteiger partial charge in [0, 0.05) is 13.1 Å². The zero-order valence-electron chi connectivity index (χ0n) is 9.84. The highest BCUT2D eigenvalue weighted by Gasteiger charge is 2.11. The summed E-state index contributed by atoms with van der Waals surface area (Å²) in [4.78, 5) is 4.27. The van der Waals surface area contributed by atoms with E-state index in [-0.39, 0.29) is 0 Å². The van der Waals surface area contributed by atoms with E-state index in [1.807, 2.05) is 18.5 Å². The molecule has 2 aromatic rings. The lowest BCUT2D eigenvalue weighted by atomic mass is 10.4. The number of aryl methyl sites for hydroxylation is 1. The van der Waals surface area contributed by atoms with Gasteiger partial charge in [-0.15, -0.1) is 10.2 Å². The SMILES string of the molecule is COc1ccc(N)c(Sc2nnc(C)n2C)n1. The molecule has 0 spiro atoms. The molecule has 0 bridgehead atoms. The Morgan fingerprint density at radius 2 is 2.12 bits per heavy atom. The molecule has 6 nitrogen and oxygen atoms in total. The molecule has 2 aromatic heterocycles. The highest BCUT2D eigenvalue weighted by Crippen LogP contribution is 2.30. The number of nitrogens with two attached hydrogens (primary N) is 1. The number of hydrogen-bond acceptors (Lipinski definition) is 6. The maximum Gasteiger partial charge on any atom is 0.214 e. The molecule has 0 aliphatic rings. The van der Waals surface area contributed by atoms with E-state index in [0.29, 0.717) is 16.6 Å². The molecule has 0 aliphatic heterocycles. The van der Waals surface area contributed by atoms with Crippen molar-refractivity contribution in [2.24, 2.45) is 7.05 Å². The lowest BCUT2D eigenvalue weighted by Gasteiger charge is -2.06. The molecule has 17 heavy (non-hydrogen) atoms. The van der Waals surface area contributed by atoms with Crippen LogP contribution in [0.4, 0.5) is 5.69 Å². The van der Waals surface area contributed by atoms with Gasteiger partial charge >= 0.3 is 0 Å². The predicted molar refractivity (Wildman–Crippen MR) is 65.1 cm³/mol. The Hall–Kier alpha value is -1.76. The molecule has 2 N–H and O–H groups in total. The van der Waals surface area contributed by atoms with Crippen molar-refractivity contribution < 1.29 is 4.74 Å². The first-order valence-corrected chi connectivity index (χ1v) is 5.78. The minimum Gasteiger partial charge on any atom is -0.481 e. The van der Waals surface area contributed by atoms with Crippen LogP contribution in [-0.2, 0) is 7.05 Å². The number of nitrogens with zero attached hydrogens (tertiary/aromatic N) is 4. The van der Waals surface area contributed by atoms with E-state index in [2.05, 4.69) is 15.2 Å². The van der Waals surface area contributed by atoms with Gasteiger partial charge < -0.3 is 15.0 Å². The summed E-state index contributed by atoms with van der Waals surface area (Å²) >= 11 is 1.36. The van der Waals surface area contributed by atoms with Crippen molar-refractivity contribution in [2.75, 3.05) is 12.8 Å². The third-order valence-electron chi connectivity index (χ3n) is 2.31. The molecule has 90 valence electrons. The number of ether oxygens (including phenoxy) is 1. The van der Waals surface area contributed by atoms with Crippen LogP contribution in [0.2, 0.25) is 0 Å². The molecule has 2 rings (SSSR count). The van der Waals surface area contributed by atoms with Crippen LogP contribution in [0.15, 0.2) is 22.3 Å². The van der Waals surface area contributed by atoms with Crippen molar-refractivity contribution >= 4 is 17.4 Å². The molecule has 0 saturated heterocycles. The Kier molecular flexibility index (Phi) is 3.19. The fourth-order valence-corrected chi connectivity index (χ4v) is 2.04. The van der Waals surface area contributed by atoms with Gasteiger partial charge in [0.05, 0.1) is 12.8 Å². The van der Waals surface area contributed by atoms with Crippen LogP contribution in [0.5, 0.6) is 5.88 Å². The molecule has 2 heterocycles. The van der Waals surface area contributed by atoms with Gasteiger partial charge in [-0.05, 0) is 24.8 Å². The number of pyridine rings is 1. The molecule has 0 aromatic carbocycles. The van der Waals surface area contributed by atoms with E-state index in [1.54, 1.807) is 19.2 Å². The molecule has 0 fully saturated rings. The Morgan fingerprint density at radius 1 is 1.35 bits per heavy atom. The number of anilines is 1. The minimum atomic E-state index is 0.528. The van der Waals surface area contributed by atoms with Crippen LogP contribution in [0.1, 0.15) is 5.82 Å². The van der Waals surface area contributed by atoms with E-state index in [9.17, 15) is 0 Å². The maximum absolute atomic E-state index is 5.85. The fourth-order valence-electron chi connectivity index (χ4n) is 1.19. The Morgan fingerprint density at radius 3 is 2.71 bits per heavy atom. The summed E-state index contributed by atoms with van der Waals surface area (Å²) in [6.45, 7) is 1.89. The summed E-state index contributed by atoms with van der Waals surface area (Å²) in [6.07, 6.45) is 0. The second-order valence-electron chi connectivity index (χ2n) is 3.44. The molecule has 0 amide bonds. The van der Waals surface area contributed by atoms with E-state index >= 15 is 0 Å². The van der Waals surface area contributed by atoms with Gasteiger partial charge in [0.1, 0.15) is 10.9 Å². The molecule has 0 unspecified atom stereocenters. The van der Waals surface area contributed by atoms with Crippen molar-refractivity contribution in [3.05, 3.63) is 18.0 Å². The molecule has 7 heteroatoms. The van der Waals surface area contributed by atoms with Crippen LogP contribution < -0.4 is 10.5 Å². The number of aromatic nitrogens is 4. The van der Waals surface area contributed by atoms with Crippen LogP contribution in [-0.4, -0.2) is 26.9 Å². The van der Waals surface area contributed by atoms with E-state index < -0.39 is 0 Å². The zero-order valence-corrected chi connectivity index (χ0v) is 10.7. The average Bonchev–Trinajstić information content (AvgIpc) is 2.64. The normalized spacial score (nSPS) is 10.5. The zero-order chi connectivity index (χ0) is 12.4. The fraction of sp³-hybridized carbons (Fsp3) is 0.300. The Balaban J connectivity index is 2.32. The van der Waals surface area contributed by atoms with E-state index in [0.717, 1.165) is 11.0 Å². The molecule has 0 atom stereocenters. The van der Waals surface area contributed by atoms with Gasteiger partial charge in [-0.1, -0.05) is 0 Å². The highest BCUT2D eigenvalue weighted by molar-refractivity contribution is 7.99. The summed E-state index contributed by atoms with van der Waals surface area (Å²) in [5, 5.41) is 9.44. The Labute approximate surface area is 103 Å². The average molecular weight is 251 g/mol. The summed E-state index contributed by atoms with van der Waals surface area (Å²) in [5.41, 5.74) is 6.45. The van der Waals surface area contributed by atoms with Crippen molar-refractivity contribution in [3.63, 3.8) is 0 Å². The van der Waals surface area contributed by atoms with Crippen molar-refractivity contribution in [3.8, 4) is 5.88 Å². The number of rotatable bonds is 3. The van der Waals surface area contributed by atoms with Crippen LogP contribution >= 0.6 is 11.8 Å². The minimum absolute atomic E-state index is 0.528. The smallest absolute Gasteiger partial charge is 0.214 e. The van der Waals surface area contributed by atoms with Gasteiger partial charge in [-0.25, -0.2) is 4.98 Å². The van der Waals surface area contributed by atoms with Gasteiger partial charge in [0.2, 0.25) is 5.88 Å². The summed E-state index contributed by atoms with van der Waals surface area (Å²) in [7, 11) is 3.47. The standard InChI is InChI=1S/C10H13N5OS/c1-6-13-14-10(15(6)2)17-9-7(11)4-5-8(12-9)16-3/h4-5H,11H2,1-3H3. The first-order valence-electron chi connectivity index (χ1n) is 4.96. The first-order chi connectivity index (χ1) is 8.11. The van der Waals surface area contributed by atoms with E-state index in [1.165, 1.54) is 11.8 Å². The highest BCUT2D eigenvalue weighted by atomic mass is 32.2. The molecule has 0 aliphatic carbocycles. The van der Waals surface area contributed by atoms with Gasteiger partial charge in [-0.2, -0.15) is 0 Å². The summed E-state index contributed by atoms with van der Waals surface area (Å²) in [5.74, 6) is 1.37. The monoisotopic (exact) mass is 251 g/mol. The number of methoxy groups -OCH3 is 1. The third-order valence-corrected chi connectivity index (χ3v) is 3.37. The molecular weight excluding hydrogens is 238 g/mol. The van der Waals surface area contributed by atoms with Crippen LogP contribution in [0, 0.1) is 6.92 Å². The largest absolute Gasteiger partial charge is 0.481 e.